The summed E-state index contributed by atoms with van der Waals surface area (Å²) in [6.45, 7) is 0. The van der Waals surface area contributed by atoms with Gasteiger partial charge in [-0.1, -0.05) is 0 Å². The van der Waals surface area contributed by atoms with Gasteiger partial charge in [0.1, 0.15) is 0 Å². The van der Waals surface area contributed by atoms with Gasteiger partial charge in [-0.05, 0) is 28.1 Å². The van der Waals surface area contributed by atoms with Crippen molar-refractivity contribution in [2.75, 3.05) is 11.9 Å². The lowest BCUT2D eigenvalue weighted by Crippen LogP contribution is -2.23. The second-order valence-electron chi connectivity index (χ2n) is 3.05. The Bertz CT molecular complexity index is 523. The molecule has 0 saturated heterocycles. The van der Waals surface area contributed by atoms with Crippen LogP contribution in [0, 0.1) is 0 Å². The SMILES string of the molecule is CN(C(=O)O)c1ccn2ncc(Br)c2c1. The summed E-state index contributed by atoms with van der Waals surface area (Å²) in [5, 5.41) is 12.9. The number of rotatable bonds is 1. The zero-order valence-electron chi connectivity index (χ0n) is 7.88. The molecule has 2 heterocycles. The summed E-state index contributed by atoms with van der Waals surface area (Å²) in [6, 6.07) is 3.45. The fourth-order valence-electron chi connectivity index (χ4n) is 1.26. The number of fused-ring (bicyclic) bond motifs is 1. The molecule has 2 aromatic rings. The number of carbonyl (C=O) groups is 1. The molecule has 15 heavy (non-hydrogen) atoms. The Morgan fingerprint density at radius 1 is 1.67 bits per heavy atom. The monoisotopic (exact) mass is 269 g/mol. The van der Waals surface area contributed by atoms with Gasteiger partial charge in [0.15, 0.2) is 0 Å². The third kappa shape index (κ3) is 1.68. The van der Waals surface area contributed by atoms with Gasteiger partial charge < -0.3 is 5.11 Å². The number of aromatic nitrogens is 2. The molecule has 0 aliphatic carbocycles. The quantitative estimate of drug-likeness (QED) is 0.864. The van der Waals surface area contributed by atoms with E-state index in [0.29, 0.717) is 5.69 Å². The minimum Gasteiger partial charge on any atom is -0.465 e. The minimum absolute atomic E-state index is 0.608. The maximum absolute atomic E-state index is 10.8. The van der Waals surface area contributed by atoms with E-state index in [9.17, 15) is 4.79 Å². The zero-order valence-corrected chi connectivity index (χ0v) is 9.47. The molecule has 6 heteroatoms. The Morgan fingerprint density at radius 2 is 2.40 bits per heavy atom. The smallest absolute Gasteiger partial charge is 0.411 e. The number of carboxylic acid groups (broad SMARTS) is 1. The van der Waals surface area contributed by atoms with Crippen LogP contribution in [-0.4, -0.2) is 27.9 Å². The molecule has 0 radical (unpaired) electrons. The molecule has 5 nitrogen and oxygen atoms in total. The summed E-state index contributed by atoms with van der Waals surface area (Å²) in [7, 11) is 1.50. The maximum atomic E-state index is 10.8. The predicted molar refractivity (Wildman–Crippen MR) is 59.3 cm³/mol. The van der Waals surface area contributed by atoms with E-state index in [4.69, 9.17) is 5.11 Å². The molecule has 0 bridgehead atoms. The largest absolute Gasteiger partial charge is 0.465 e. The Labute approximate surface area is 94.1 Å². The first-order valence-corrected chi connectivity index (χ1v) is 4.98. The topological polar surface area (TPSA) is 57.8 Å². The van der Waals surface area contributed by atoms with Crippen molar-refractivity contribution in [3.8, 4) is 0 Å². The van der Waals surface area contributed by atoms with Crippen molar-refractivity contribution in [1.29, 1.82) is 0 Å². The van der Waals surface area contributed by atoms with Crippen LogP contribution in [0.4, 0.5) is 10.5 Å². The van der Waals surface area contributed by atoms with Crippen molar-refractivity contribution in [3.05, 3.63) is 29.0 Å². The van der Waals surface area contributed by atoms with Gasteiger partial charge in [0.2, 0.25) is 0 Å². The van der Waals surface area contributed by atoms with Gasteiger partial charge in [0.25, 0.3) is 0 Å². The fraction of sp³-hybridized carbons (Fsp3) is 0.111. The Kier molecular flexibility index (Phi) is 2.36. The second-order valence-corrected chi connectivity index (χ2v) is 3.90. The van der Waals surface area contributed by atoms with Crippen molar-refractivity contribution >= 4 is 33.2 Å². The van der Waals surface area contributed by atoms with Crippen LogP contribution in [0.25, 0.3) is 5.52 Å². The summed E-state index contributed by atoms with van der Waals surface area (Å²) >= 11 is 3.34. The molecular formula is C9H8BrN3O2. The van der Waals surface area contributed by atoms with Gasteiger partial charge in [0, 0.05) is 13.2 Å². The molecule has 1 amide bonds. The molecule has 0 atom stereocenters. The molecule has 0 spiro atoms. The second kappa shape index (κ2) is 3.54. The summed E-state index contributed by atoms with van der Waals surface area (Å²) in [5.74, 6) is 0. The molecule has 0 aliphatic rings. The number of halogens is 1. The molecule has 1 N–H and O–H groups in total. The van der Waals surface area contributed by atoms with Gasteiger partial charge in [-0.2, -0.15) is 5.10 Å². The van der Waals surface area contributed by atoms with Crippen molar-refractivity contribution in [3.63, 3.8) is 0 Å². The van der Waals surface area contributed by atoms with Crippen molar-refractivity contribution in [2.24, 2.45) is 0 Å². The number of hydrogen-bond acceptors (Lipinski definition) is 2. The lowest BCUT2D eigenvalue weighted by Gasteiger charge is -2.12. The highest BCUT2D eigenvalue weighted by atomic mass is 79.9. The minimum atomic E-state index is -0.991. The summed E-state index contributed by atoms with van der Waals surface area (Å²) in [4.78, 5) is 11.9. The van der Waals surface area contributed by atoms with E-state index in [1.54, 1.807) is 29.0 Å². The van der Waals surface area contributed by atoms with E-state index < -0.39 is 6.09 Å². The Balaban J connectivity index is 2.54. The summed E-state index contributed by atoms with van der Waals surface area (Å²) in [5.41, 5.74) is 1.44. The molecule has 2 aromatic heterocycles. The number of pyridine rings is 1. The van der Waals surface area contributed by atoms with Crippen LogP contribution in [0.15, 0.2) is 29.0 Å². The van der Waals surface area contributed by atoms with Crippen LogP contribution >= 0.6 is 15.9 Å². The predicted octanol–water partition coefficient (Wildman–Crippen LogP) is 2.21. The number of amides is 1. The van der Waals surface area contributed by atoms with Crippen LogP contribution in [0.3, 0.4) is 0 Å². The molecule has 0 aromatic carbocycles. The van der Waals surface area contributed by atoms with Crippen LogP contribution in [0.1, 0.15) is 0 Å². The molecular weight excluding hydrogens is 262 g/mol. The lowest BCUT2D eigenvalue weighted by molar-refractivity contribution is 0.203. The summed E-state index contributed by atoms with van der Waals surface area (Å²) < 4.78 is 2.51. The van der Waals surface area contributed by atoms with Gasteiger partial charge in [-0.3, -0.25) is 4.90 Å². The van der Waals surface area contributed by atoms with Crippen LogP contribution < -0.4 is 4.90 Å². The Hall–Kier alpha value is -1.56. The van der Waals surface area contributed by atoms with E-state index in [1.807, 2.05) is 0 Å². The lowest BCUT2D eigenvalue weighted by atomic mass is 10.3. The van der Waals surface area contributed by atoms with E-state index in [0.717, 1.165) is 14.9 Å². The van der Waals surface area contributed by atoms with Crippen molar-refractivity contribution < 1.29 is 9.90 Å². The van der Waals surface area contributed by atoms with Gasteiger partial charge in [-0.25, -0.2) is 9.31 Å². The molecule has 0 aliphatic heterocycles. The molecule has 0 saturated carbocycles. The van der Waals surface area contributed by atoms with Crippen molar-refractivity contribution in [2.45, 2.75) is 0 Å². The van der Waals surface area contributed by atoms with E-state index in [2.05, 4.69) is 21.0 Å². The van der Waals surface area contributed by atoms with Crippen LogP contribution in [0.2, 0.25) is 0 Å². The highest BCUT2D eigenvalue weighted by Gasteiger charge is 2.10. The third-order valence-electron chi connectivity index (χ3n) is 2.13. The highest BCUT2D eigenvalue weighted by molar-refractivity contribution is 9.10. The first kappa shape index (κ1) is 9.97. The number of nitrogens with zero attached hydrogens (tertiary/aromatic N) is 3. The van der Waals surface area contributed by atoms with E-state index in [1.165, 1.54) is 7.05 Å². The average molecular weight is 270 g/mol. The van der Waals surface area contributed by atoms with Crippen LogP contribution in [0.5, 0.6) is 0 Å². The molecule has 78 valence electrons. The van der Waals surface area contributed by atoms with E-state index in [-0.39, 0.29) is 0 Å². The Morgan fingerprint density at radius 3 is 3.07 bits per heavy atom. The van der Waals surface area contributed by atoms with Gasteiger partial charge in [0.05, 0.1) is 21.9 Å². The maximum Gasteiger partial charge on any atom is 0.411 e. The normalized spacial score (nSPS) is 10.5. The first-order chi connectivity index (χ1) is 7.09. The highest BCUT2D eigenvalue weighted by Crippen LogP contribution is 2.22. The molecule has 0 fully saturated rings. The average Bonchev–Trinajstić information content (AvgIpc) is 2.59. The fourth-order valence-corrected chi connectivity index (χ4v) is 1.65. The van der Waals surface area contributed by atoms with Gasteiger partial charge >= 0.3 is 6.09 Å². The van der Waals surface area contributed by atoms with E-state index >= 15 is 0 Å². The zero-order chi connectivity index (χ0) is 11.0. The third-order valence-corrected chi connectivity index (χ3v) is 2.74. The first-order valence-electron chi connectivity index (χ1n) is 4.19. The van der Waals surface area contributed by atoms with Gasteiger partial charge in [-0.15, -0.1) is 0 Å². The molecule has 0 unspecified atom stereocenters. The van der Waals surface area contributed by atoms with Crippen molar-refractivity contribution in [1.82, 2.24) is 9.61 Å². The standard InChI is InChI=1S/C9H8BrN3O2/c1-12(9(14)15)6-2-3-13-8(4-6)7(10)5-11-13/h2-5H,1H3,(H,14,15). The van der Waals surface area contributed by atoms with Crippen LogP contribution in [-0.2, 0) is 0 Å². The number of hydrogen-bond donors (Lipinski definition) is 1. The molecule has 2 rings (SSSR count). The number of anilines is 1. The summed E-state index contributed by atoms with van der Waals surface area (Å²) in [6.07, 6.45) is 2.39.